The molecule has 17 nitrogen and oxygen atoms in total. The quantitative estimate of drug-likeness (QED) is 0.0169. The molecular weight excluding hydrogens is 1260 g/mol. The first-order valence-electron chi connectivity index (χ1n) is 38.9. The van der Waals surface area contributed by atoms with Gasteiger partial charge in [0.2, 0.25) is 0 Å². The Bertz CT molecular complexity index is 2010. The SMILES string of the molecule is CCCCC/C=C\C/C=C\CCCCCCCC(=O)OC[C@H](COP(=O)(O)OC[C@@H](O)COP(=O)(O)OC[C@@H](COC(=O)CCCCCCC/C=C\CCCCCC)OC(=O)CCCCCCC/C=C\CCCCCC)OC(=O)CCCCCCCCCCCCCCCCC. The van der Waals surface area contributed by atoms with Gasteiger partial charge in [-0.05, 0) is 109 Å². The minimum Gasteiger partial charge on any atom is -0.462 e. The first-order chi connectivity index (χ1) is 46.7. The zero-order valence-corrected chi connectivity index (χ0v) is 63.1. The standard InChI is InChI=1S/C77H142O17P2/c1-5-9-13-17-21-25-29-33-35-39-42-46-50-54-58-62-75(80)88-68-73(94-77(82)64-60-56-52-48-44-40-36-34-30-26-22-18-14-10-6-2)70-92-96(85,86)90-66-71(78)65-89-95(83,84)91-69-72(93-76(81)63-59-55-51-47-43-38-32-28-24-20-16-12-8-4)67-87-74(79)61-57-53-49-45-41-37-31-27-23-19-15-11-7-3/h21,25,27-28,31-33,35,71-73,78H,5-20,22-24,26,29-30,34,36-70H2,1-4H3,(H,83,84)(H,85,86)/b25-21-,31-27-,32-28-,35-33-/t71-,72+,73+/m0/s1. The van der Waals surface area contributed by atoms with Gasteiger partial charge in [0.1, 0.15) is 19.3 Å². The lowest BCUT2D eigenvalue weighted by atomic mass is 10.0. The van der Waals surface area contributed by atoms with Crippen molar-refractivity contribution in [3.05, 3.63) is 48.6 Å². The number of hydrogen-bond acceptors (Lipinski definition) is 15. The summed E-state index contributed by atoms with van der Waals surface area (Å²) in [6, 6.07) is 0. The molecule has 0 aliphatic carbocycles. The fourth-order valence-electron chi connectivity index (χ4n) is 10.8. The number of unbranched alkanes of at least 4 members (excludes halogenated alkanes) is 40. The molecule has 0 aromatic carbocycles. The summed E-state index contributed by atoms with van der Waals surface area (Å²) >= 11 is 0. The average molecular weight is 1400 g/mol. The Kier molecular flexibility index (Phi) is 68.3. The maximum Gasteiger partial charge on any atom is 0.472 e. The average Bonchev–Trinajstić information content (AvgIpc) is 1.36. The summed E-state index contributed by atoms with van der Waals surface area (Å²) in [4.78, 5) is 72.8. The molecule has 0 spiro atoms. The molecule has 96 heavy (non-hydrogen) atoms. The summed E-state index contributed by atoms with van der Waals surface area (Å²) in [5.74, 6) is -2.17. The number of rotatable bonds is 74. The lowest BCUT2D eigenvalue weighted by Crippen LogP contribution is -2.30. The van der Waals surface area contributed by atoms with Crippen molar-refractivity contribution in [2.75, 3.05) is 39.6 Å². The normalized spacial score (nSPS) is 14.2. The van der Waals surface area contributed by atoms with E-state index in [0.29, 0.717) is 25.7 Å². The van der Waals surface area contributed by atoms with E-state index >= 15 is 0 Å². The Morgan fingerprint density at radius 3 is 0.812 bits per heavy atom. The second-order valence-electron chi connectivity index (χ2n) is 26.3. The highest BCUT2D eigenvalue weighted by Crippen LogP contribution is 2.45. The molecule has 0 saturated carbocycles. The molecule has 0 rings (SSSR count). The highest BCUT2D eigenvalue weighted by atomic mass is 31.2. The fraction of sp³-hybridized carbons (Fsp3) is 0.844. The fourth-order valence-corrected chi connectivity index (χ4v) is 12.3. The van der Waals surface area contributed by atoms with E-state index in [0.717, 1.165) is 148 Å². The number of phosphoric ester groups is 2. The van der Waals surface area contributed by atoms with Crippen LogP contribution in [0.4, 0.5) is 0 Å². The lowest BCUT2D eigenvalue weighted by molar-refractivity contribution is -0.161. The first kappa shape index (κ1) is 93.0. The molecule has 0 aromatic rings. The van der Waals surface area contributed by atoms with E-state index in [1.165, 1.54) is 135 Å². The number of ether oxygens (including phenoxy) is 4. The van der Waals surface area contributed by atoms with Crippen LogP contribution in [0.5, 0.6) is 0 Å². The van der Waals surface area contributed by atoms with Crippen molar-refractivity contribution < 1.29 is 80.2 Å². The molecule has 0 heterocycles. The minimum absolute atomic E-state index is 0.0881. The van der Waals surface area contributed by atoms with Gasteiger partial charge >= 0.3 is 39.5 Å². The van der Waals surface area contributed by atoms with Crippen molar-refractivity contribution >= 4 is 39.5 Å². The summed E-state index contributed by atoms with van der Waals surface area (Å²) < 4.78 is 68.5. The minimum atomic E-state index is -4.97. The molecule has 0 bridgehead atoms. The first-order valence-corrected chi connectivity index (χ1v) is 41.9. The zero-order valence-electron chi connectivity index (χ0n) is 61.3. The van der Waals surface area contributed by atoms with Gasteiger partial charge in [0.25, 0.3) is 0 Å². The Balaban J connectivity index is 5.32. The molecule has 0 aromatic heterocycles. The molecule has 19 heteroatoms. The van der Waals surface area contributed by atoms with E-state index in [9.17, 15) is 43.2 Å². The van der Waals surface area contributed by atoms with Gasteiger partial charge in [0, 0.05) is 25.7 Å². The maximum atomic E-state index is 13.1. The van der Waals surface area contributed by atoms with Crippen molar-refractivity contribution in [2.45, 2.75) is 380 Å². The van der Waals surface area contributed by atoms with Gasteiger partial charge in [0.05, 0.1) is 26.4 Å². The summed E-state index contributed by atoms with van der Waals surface area (Å²) in [5, 5.41) is 10.6. The summed E-state index contributed by atoms with van der Waals surface area (Å²) in [7, 11) is -9.94. The van der Waals surface area contributed by atoms with Gasteiger partial charge in [-0.2, -0.15) is 0 Å². The van der Waals surface area contributed by atoms with Crippen molar-refractivity contribution in [2.24, 2.45) is 0 Å². The second-order valence-corrected chi connectivity index (χ2v) is 29.2. The monoisotopic (exact) mass is 1400 g/mol. The smallest absolute Gasteiger partial charge is 0.462 e. The van der Waals surface area contributed by atoms with Crippen LogP contribution in [-0.2, 0) is 65.4 Å². The summed E-state index contributed by atoms with van der Waals surface area (Å²) in [5.41, 5.74) is 0. The number of esters is 4. The molecule has 5 atom stereocenters. The number of aliphatic hydroxyl groups is 1. The summed E-state index contributed by atoms with van der Waals surface area (Å²) in [6.45, 7) is 4.85. The molecule has 562 valence electrons. The van der Waals surface area contributed by atoms with Gasteiger partial charge in [0.15, 0.2) is 12.2 Å². The van der Waals surface area contributed by atoms with Crippen LogP contribution in [0, 0.1) is 0 Å². The van der Waals surface area contributed by atoms with Crippen LogP contribution in [-0.4, -0.2) is 96.7 Å². The molecule has 0 fully saturated rings. The number of carbonyl (C=O) groups is 4. The molecule has 0 radical (unpaired) electrons. The third-order valence-corrected chi connectivity index (χ3v) is 18.7. The van der Waals surface area contributed by atoms with E-state index in [1.54, 1.807) is 0 Å². The Morgan fingerprint density at radius 1 is 0.292 bits per heavy atom. The van der Waals surface area contributed by atoms with Crippen molar-refractivity contribution in [1.29, 1.82) is 0 Å². The van der Waals surface area contributed by atoms with E-state index in [2.05, 4.69) is 76.3 Å². The van der Waals surface area contributed by atoms with Crippen LogP contribution in [0.25, 0.3) is 0 Å². The van der Waals surface area contributed by atoms with Gasteiger partial charge in [-0.25, -0.2) is 9.13 Å². The van der Waals surface area contributed by atoms with Crippen molar-refractivity contribution in [3.8, 4) is 0 Å². The number of hydrogen-bond donors (Lipinski definition) is 3. The van der Waals surface area contributed by atoms with Crippen LogP contribution in [0.1, 0.15) is 362 Å². The maximum absolute atomic E-state index is 13.1. The summed E-state index contributed by atoms with van der Waals surface area (Å²) in [6.07, 6.45) is 66.6. The number of allylic oxidation sites excluding steroid dienone is 8. The van der Waals surface area contributed by atoms with Crippen LogP contribution >= 0.6 is 15.6 Å². The van der Waals surface area contributed by atoms with E-state index < -0.39 is 97.5 Å². The number of phosphoric acid groups is 2. The van der Waals surface area contributed by atoms with Gasteiger partial charge in [-0.15, -0.1) is 0 Å². The van der Waals surface area contributed by atoms with Gasteiger partial charge in [-0.1, -0.05) is 275 Å². The third-order valence-electron chi connectivity index (χ3n) is 16.8. The lowest BCUT2D eigenvalue weighted by Gasteiger charge is -2.21. The van der Waals surface area contributed by atoms with Crippen LogP contribution in [0.2, 0.25) is 0 Å². The second kappa shape index (κ2) is 70.5. The highest BCUT2D eigenvalue weighted by molar-refractivity contribution is 7.47. The molecule has 0 saturated heterocycles. The van der Waals surface area contributed by atoms with E-state index in [-0.39, 0.29) is 25.7 Å². The predicted molar refractivity (Wildman–Crippen MR) is 390 cm³/mol. The largest absolute Gasteiger partial charge is 0.472 e. The Hall–Kier alpha value is -2.98. The molecule has 2 unspecified atom stereocenters. The van der Waals surface area contributed by atoms with Gasteiger partial charge < -0.3 is 33.8 Å². The number of carbonyl (C=O) groups excluding carboxylic acids is 4. The van der Waals surface area contributed by atoms with Crippen LogP contribution in [0.3, 0.4) is 0 Å². The van der Waals surface area contributed by atoms with E-state index in [4.69, 9.17) is 37.0 Å². The third kappa shape index (κ3) is 69.5. The topological polar surface area (TPSA) is 237 Å². The Labute approximate surface area is 585 Å². The van der Waals surface area contributed by atoms with E-state index in [1.807, 2.05) is 0 Å². The number of aliphatic hydroxyl groups excluding tert-OH is 1. The molecular formula is C77H142O17P2. The van der Waals surface area contributed by atoms with Crippen molar-refractivity contribution in [3.63, 3.8) is 0 Å². The molecule has 3 N–H and O–H groups in total. The molecule has 0 aliphatic rings. The molecule has 0 aliphatic heterocycles. The van der Waals surface area contributed by atoms with Gasteiger partial charge in [-0.3, -0.25) is 37.3 Å². The van der Waals surface area contributed by atoms with Crippen LogP contribution in [0.15, 0.2) is 48.6 Å². The molecule has 0 amide bonds. The Morgan fingerprint density at radius 2 is 0.510 bits per heavy atom. The van der Waals surface area contributed by atoms with Crippen LogP contribution < -0.4 is 0 Å². The van der Waals surface area contributed by atoms with Crippen molar-refractivity contribution in [1.82, 2.24) is 0 Å². The zero-order chi connectivity index (χ0) is 70.4. The highest BCUT2D eigenvalue weighted by Gasteiger charge is 2.30. The predicted octanol–water partition coefficient (Wildman–Crippen LogP) is 22.1.